The van der Waals surface area contributed by atoms with Crippen molar-refractivity contribution in [1.29, 1.82) is 0 Å². The minimum absolute atomic E-state index is 0.163. The highest BCUT2D eigenvalue weighted by Gasteiger charge is 2.22. The third kappa shape index (κ3) is 6.83. The van der Waals surface area contributed by atoms with Crippen LogP contribution in [-0.2, 0) is 4.79 Å². The zero-order valence-electron chi connectivity index (χ0n) is 10.7. The van der Waals surface area contributed by atoms with E-state index in [1.165, 1.54) is 25.7 Å². The maximum absolute atomic E-state index is 10.9. The normalized spacial score (nSPS) is 13.0. The van der Waals surface area contributed by atoms with E-state index in [0.717, 1.165) is 25.7 Å². The topological polar surface area (TPSA) is 63.3 Å². The van der Waals surface area contributed by atoms with Crippen molar-refractivity contribution in [2.75, 3.05) is 0 Å². The molecule has 0 aromatic carbocycles. The van der Waals surface area contributed by atoms with Crippen molar-refractivity contribution in [3.63, 3.8) is 0 Å². The van der Waals surface area contributed by atoms with Crippen molar-refractivity contribution >= 4 is 5.97 Å². The molecular weight excluding hydrogens is 202 g/mol. The Hall–Kier alpha value is -0.570. The summed E-state index contributed by atoms with van der Waals surface area (Å²) in [7, 11) is 0. The second-order valence-corrected chi connectivity index (χ2v) is 4.62. The van der Waals surface area contributed by atoms with Gasteiger partial charge in [0.1, 0.15) is 6.04 Å². The van der Waals surface area contributed by atoms with Crippen LogP contribution in [0, 0.1) is 5.92 Å². The summed E-state index contributed by atoms with van der Waals surface area (Å²) in [5, 5.41) is 8.94. The maximum atomic E-state index is 10.9. The van der Waals surface area contributed by atoms with E-state index in [-0.39, 0.29) is 5.92 Å². The van der Waals surface area contributed by atoms with E-state index in [1.54, 1.807) is 0 Å². The van der Waals surface area contributed by atoms with Crippen molar-refractivity contribution in [2.24, 2.45) is 11.7 Å². The molecule has 0 aromatic heterocycles. The van der Waals surface area contributed by atoms with E-state index in [0.29, 0.717) is 0 Å². The third-order valence-corrected chi connectivity index (χ3v) is 3.15. The quantitative estimate of drug-likeness (QED) is 0.565. The van der Waals surface area contributed by atoms with Gasteiger partial charge in [0.2, 0.25) is 0 Å². The van der Waals surface area contributed by atoms with Crippen LogP contribution < -0.4 is 5.73 Å². The fourth-order valence-electron chi connectivity index (χ4n) is 2.02. The van der Waals surface area contributed by atoms with Crippen LogP contribution in [-0.4, -0.2) is 17.1 Å². The monoisotopic (exact) mass is 229 g/mol. The predicted molar refractivity (Wildman–Crippen MR) is 67.4 cm³/mol. The number of carboxylic acid groups (broad SMARTS) is 1. The summed E-state index contributed by atoms with van der Waals surface area (Å²) in [6.45, 7) is 4.31. The molecule has 3 nitrogen and oxygen atoms in total. The zero-order valence-corrected chi connectivity index (χ0v) is 10.7. The summed E-state index contributed by atoms with van der Waals surface area (Å²) >= 11 is 0. The molecule has 0 saturated carbocycles. The summed E-state index contributed by atoms with van der Waals surface area (Å²) in [5.74, 6) is -0.686. The number of rotatable bonds is 10. The van der Waals surface area contributed by atoms with Gasteiger partial charge in [0.25, 0.3) is 0 Å². The van der Waals surface area contributed by atoms with Gasteiger partial charge < -0.3 is 10.8 Å². The van der Waals surface area contributed by atoms with Crippen LogP contribution in [0.2, 0.25) is 0 Å². The fraction of sp³-hybridized carbons (Fsp3) is 0.923. The first-order valence-corrected chi connectivity index (χ1v) is 6.61. The van der Waals surface area contributed by atoms with E-state index in [9.17, 15) is 4.79 Å². The minimum atomic E-state index is -0.849. The minimum Gasteiger partial charge on any atom is -0.480 e. The molecule has 0 saturated heterocycles. The number of nitrogens with two attached hydrogens (primary N) is 1. The highest BCUT2D eigenvalue weighted by molar-refractivity contribution is 5.73. The van der Waals surface area contributed by atoms with Gasteiger partial charge in [-0.05, 0) is 18.8 Å². The molecule has 16 heavy (non-hydrogen) atoms. The fourth-order valence-corrected chi connectivity index (χ4v) is 2.02. The van der Waals surface area contributed by atoms with Gasteiger partial charge >= 0.3 is 5.97 Å². The van der Waals surface area contributed by atoms with Crippen molar-refractivity contribution < 1.29 is 9.90 Å². The lowest BCUT2D eigenvalue weighted by Gasteiger charge is -2.20. The average molecular weight is 229 g/mol. The van der Waals surface area contributed by atoms with Gasteiger partial charge in [-0.1, -0.05) is 52.4 Å². The van der Waals surface area contributed by atoms with Crippen molar-refractivity contribution in [2.45, 2.75) is 71.3 Å². The Morgan fingerprint density at radius 2 is 1.50 bits per heavy atom. The highest BCUT2D eigenvalue weighted by Crippen LogP contribution is 2.20. The molecule has 0 amide bonds. The molecular formula is C13H27NO2. The number of aliphatic carboxylic acids is 1. The Bertz CT molecular complexity index is 173. The Kier molecular flexibility index (Phi) is 9.30. The predicted octanol–water partition coefficient (Wildman–Crippen LogP) is 3.18. The summed E-state index contributed by atoms with van der Waals surface area (Å²) in [6.07, 6.45) is 8.83. The van der Waals surface area contributed by atoms with Gasteiger partial charge in [0, 0.05) is 0 Å². The molecule has 0 aliphatic carbocycles. The zero-order chi connectivity index (χ0) is 12.4. The van der Waals surface area contributed by atoms with Gasteiger partial charge in [-0.25, -0.2) is 0 Å². The summed E-state index contributed by atoms with van der Waals surface area (Å²) in [6, 6.07) is -0.672. The van der Waals surface area contributed by atoms with Crippen LogP contribution in [0.3, 0.4) is 0 Å². The Labute approximate surface area is 99.4 Å². The molecule has 0 spiro atoms. The molecule has 3 N–H and O–H groups in total. The molecule has 0 rings (SSSR count). The molecule has 0 radical (unpaired) electrons. The van der Waals surface area contributed by atoms with Crippen LogP contribution in [0.1, 0.15) is 65.2 Å². The Balaban J connectivity index is 3.99. The lowest BCUT2D eigenvalue weighted by Crippen LogP contribution is -2.38. The van der Waals surface area contributed by atoms with Crippen molar-refractivity contribution in [3.8, 4) is 0 Å². The Morgan fingerprint density at radius 3 is 1.81 bits per heavy atom. The number of carbonyl (C=O) groups is 1. The van der Waals surface area contributed by atoms with Gasteiger partial charge in [-0.2, -0.15) is 0 Å². The van der Waals surface area contributed by atoms with Gasteiger partial charge in [-0.3, -0.25) is 4.79 Å². The number of hydrogen-bond acceptors (Lipinski definition) is 2. The van der Waals surface area contributed by atoms with Crippen molar-refractivity contribution in [3.05, 3.63) is 0 Å². The van der Waals surface area contributed by atoms with Crippen LogP contribution in [0.5, 0.6) is 0 Å². The summed E-state index contributed by atoms with van der Waals surface area (Å²) in [5.41, 5.74) is 5.73. The van der Waals surface area contributed by atoms with E-state index in [1.807, 2.05) is 0 Å². The highest BCUT2D eigenvalue weighted by atomic mass is 16.4. The molecule has 0 aromatic rings. The first-order chi connectivity index (χ1) is 7.63. The SMILES string of the molecule is CCCCCC(CCCCC)C(N)C(=O)O. The summed E-state index contributed by atoms with van der Waals surface area (Å²) < 4.78 is 0. The van der Waals surface area contributed by atoms with Gasteiger partial charge in [-0.15, -0.1) is 0 Å². The van der Waals surface area contributed by atoms with E-state index >= 15 is 0 Å². The van der Waals surface area contributed by atoms with Crippen molar-refractivity contribution in [1.82, 2.24) is 0 Å². The molecule has 1 atom stereocenters. The number of unbranched alkanes of at least 4 members (excludes halogenated alkanes) is 4. The van der Waals surface area contributed by atoms with E-state index in [4.69, 9.17) is 10.8 Å². The molecule has 0 aliphatic rings. The standard InChI is InChI=1S/C13H27NO2/c1-3-5-7-9-11(10-8-6-4-2)12(14)13(15)16/h11-12H,3-10,14H2,1-2H3,(H,15,16). The second kappa shape index (κ2) is 9.64. The molecule has 0 bridgehead atoms. The van der Waals surface area contributed by atoms with E-state index < -0.39 is 12.0 Å². The second-order valence-electron chi connectivity index (χ2n) is 4.62. The van der Waals surface area contributed by atoms with Crippen LogP contribution in [0.25, 0.3) is 0 Å². The molecule has 1 unspecified atom stereocenters. The molecule has 3 heteroatoms. The van der Waals surface area contributed by atoms with Gasteiger partial charge in [0.05, 0.1) is 0 Å². The lowest BCUT2D eigenvalue weighted by atomic mass is 9.89. The maximum Gasteiger partial charge on any atom is 0.320 e. The van der Waals surface area contributed by atoms with Crippen LogP contribution in [0.4, 0.5) is 0 Å². The first kappa shape index (κ1) is 15.4. The number of carboxylic acids is 1. The number of hydrogen-bond donors (Lipinski definition) is 2. The lowest BCUT2D eigenvalue weighted by molar-refractivity contribution is -0.140. The third-order valence-electron chi connectivity index (χ3n) is 3.15. The summed E-state index contributed by atoms with van der Waals surface area (Å²) in [4.78, 5) is 10.9. The molecule has 0 heterocycles. The Morgan fingerprint density at radius 1 is 1.06 bits per heavy atom. The average Bonchev–Trinajstić information content (AvgIpc) is 2.26. The smallest absolute Gasteiger partial charge is 0.320 e. The molecule has 0 fully saturated rings. The molecule has 96 valence electrons. The van der Waals surface area contributed by atoms with Crippen LogP contribution >= 0.6 is 0 Å². The first-order valence-electron chi connectivity index (χ1n) is 6.61. The van der Waals surface area contributed by atoms with E-state index in [2.05, 4.69) is 13.8 Å². The molecule has 0 aliphatic heterocycles. The van der Waals surface area contributed by atoms with Crippen LogP contribution in [0.15, 0.2) is 0 Å². The largest absolute Gasteiger partial charge is 0.480 e. The van der Waals surface area contributed by atoms with Gasteiger partial charge in [0.15, 0.2) is 0 Å².